The fourth-order valence-electron chi connectivity index (χ4n) is 3.06. The van der Waals surface area contributed by atoms with Crippen molar-refractivity contribution in [2.75, 3.05) is 18.5 Å². The second-order valence-corrected chi connectivity index (χ2v) is 7.31. The molecular weight excluding hydrogens is 372 g/mol. The van der Waals surface area contributed by atoms with Crippen LogP contribution in [0.2, 0.25) is 0 Å². The van der Waals surface area contributed by atoms with Gasteiger partial charge in [0, 0.05) is 12.2 Å². The highest BCUT2D eigenvalue weighted by Crippen LogP contribution is 2.25. The number of ether oxygens (including phenoxy) is 1. The third-order valence-electron chi connectivity index (χ3n) is 4.51. The van der Waals surface area contributed by atoms with Crippen LogP contribution >= 0.6 is 0 Å². The van der Waals surface area contributed by atoms with Crippen LogP contribution in [-0.4, -0.2) is 41.7 Å². The summed E-state index contributed by atoms with van der Waals surface area (Å²) in [6.45, 7) is 5.53. The molecule has 0 aromatic heterocycles. The van der Waals surface area contributed by atoms with E-state index in [9.17, 15) is 19.2 Å². The number of nitrogens with zero attached hydrogens (tertiary/aromatic N) is 1. The lowest BCUT2D eigenvalue weighted by molar-refractivity contribution is -0.119. The molecule has 2 aromatic carbocycles. The van der Waals surface area contributed by atoms with E-state index in [1.165, 1.54) is 23.1 Å². The van der Waals surface area contributed by atoms with Gasteiger partial charge >= 0.3 is 5.97 Å². The Bertz CT molecular complexity index is 996. The number of imide groups is 1. The Labute approximate surface area is 168 Å². The highest BCUT2D eigenvalue weighted by atomic mass is 16.5. The molecule has 7 nitrogen and oxygen atoms in total. The van der Waals surface area contributed by atoms with Crippen LogP contribution < -0.4 is 5.32 Å². The van der Waals surface area contributed by atoms with Crippen LogP contribution in [0.1, 0.15) is 50.5 Å². The third kappa shape index (κ3) is 4.34. The van der Waals surface area contributed by atoms with Crippen LogP contribution in [-0.2, 0) is 9.53 Å². The Morgan fingerprint density at radius 1 is 1.03 bits per heavy atom. The lowest BCUT2D eigenvalue weighted by Gasteiger charge is -2.15. The molecule has 0 radical (unpaired) electrons. The number of carbonyl (C=O) groups excluding carboxylic acids is 4. The number of para-hydroxylation sites is 1. The number of fused-ring (bicyclic) bond motifs is 1. The van der Waals surface area contributed by atoms with Gasteiger partial charge in [-0.05, 0) is 42.7 Å². The van der Waals surface area contributed by atoms with E-state index in [0.29, 0.717) is 12.2 Å². The Hall–Kier alpha value is -3.48. The molecule has 1 aliphatic rings. The van der Waals surface area contributed by atoms with E-state index < -0.39 is 24.4 Å². The van der Waals surface area contributed by atoms with Crippen molar-refractivity contribution < 1.29 is 23.9 Å². The summed E-state index contributed by atoms with van der Waals surface area (Å²) in [6.07, 6.45) is 0. The Morgan fingerprint density at radius 2 is 1.72 bits per heavy atom. The van der Waals surface area contributed by atoms with Crippen LogP contribution in [0.3, 0.4) is 0 Å². The molecule has 7 heteroatoms. The molecule has 0 saturated heterocycles. The van der Waals surface area contributed by atoms with Gasteiger partial charge in [-0.1, -0.05) is 32.0 Å². The van der Waals surface area contributed by atoms with E-state index in [4.69, 9.17) is 4.74 Å². The lowest BCUT2D eigenvalue weighted by atomic mass is 10.1. The van der Waals surface area contributed by atoms with Crippen LogP contribution in [0.5, 0.6) is 0 Å². The third-order valence-corrected chi connectivity index (χ3v) is 4.51. The minimum atomic E-state index is -0.740. The first-order valence-corrected chi connectivity index (χ1v) is 9.30. The smallest absolute Gasteiger partial charge is 0.338 e. The van der Waals surface area contributed by atoms with Gasteiger partial charge in [-0.15, -0.1) is 0 Å². The molecular formula is C22H22N2O5. The average Bonchev–Trinajstić information content (AvgIpc) is 2.92. The highest BCUT2D eigenvalue weighted by Gasteiger charge is 2.36. The maximum atomic E-state index is 12.5. The number of hydrogen-bond donors (Lipinski definition) is 1. The molecule has 1 aliphatic heterocycles. The summed E-state index contributed by atoms with van der Waals surface area (Å²) in [5.41, 5.74) is 2.08. The quantitative estimate of drug-likeness (QED) is 0.600. The van der Waals surface area contributed by atoms with Crippen molar-refractivity contribution in [1.29, 1.82) is 0 Å². The van der Waals surface area contributed by atoms with Crippen molar-refractivity contribution in [3.05, 3.63) is 64.7 Å². The topological polar surface area (TPSA) is 92.8 Å². The predicted octanol–water partition coefficient (Wildman–Crippen LogP) is 3.04. The summed E-state index contributed by atoms with van der Waals surface area (Å²) in [5.74, 6) is -1.87. The molecule has 0 atom stereocenters. The van der Waals surface area contributed by atoms with Crippen molar-refractivity contribution in [2.24, 2.45) is 5.92 Å². The summed E-state index contributed by atoms with van der Waals surface area (Å²) >= 11 is 0. The number of hydrogen-bond acceptors (Lipinski definition) is 5. The van der Waals surface area contributed by atoms with Gasteiger partial charge in [0.15, 0.2) is 6.61 Å². The number of esters is 1. The molecule has 29 heavy (non-hydrogen) atoms. The number of carbonyl (C=O) groups is 4. The zero-order valence-corrected chi connectivity index (χ0v) is 16.5. The molecule has 0 spiro atoms. The molecule has 0 fully saturated rings. The Kier molecular flexibility index (Phi) is 5.77. The number of amides is 3. The fraction of sp³-hybridized carbons (Fsp3) is 0.273. The van der Waals surface area contributed by atoms with Gasteiger partial charge in [-0.25, -0.2) is 4.79 Å². The van der Waals surface area contributed by atoms with Crippen molar-refractivity contribution in [1.82, 2.24) is 4.90 Å². The number of nitrogens with one attached hydrogen (secondary N) is 1. The number of benzene rings is 2. The molecule has 0 bridgehead atoms. The number of aryl methyl sites for hydroxylation is 1. The molecule has 0 saturated carbocycles. The number of rotatable bonds is 6. The van der Waals surface area contributed by atoms with Gasteiger partial charge in [-0.2, -0.15) is 0 Å². The second kappa shape index (κ2) is 8.26. The van der Waals surface area contributed by atoms with E-state index in [0.717, 1.165) is 5.56 Å². The first-order chi connectivity index (χ1) is 13.8. The minimum absolute atomic E-state index is 0.111. The maximum absolute atomic E-state index is 12.5. The fourth-order valence-corrected chi connectivity index (χ4v) is 3.06. The van der Waals surface area contributed by atoms with Gasteiger partial charge < -0.3 is 10.1 Å². The second-order valence-electron chi connectivity index (χ2n) is 7.31. The predicted molar refractivity (Wildman–Crippen MR) is 107 cm³/mol. The van der Waals surface area contributed by atoms with E-state index >= 15 is 0 Å². The SMILES string of the molecule is Cc1ccccc1NC(=O)COC(=O)c1ccc2c(c1)C(=O)N(CC(C)C)C2=O. The molecule has 0 unspecified atom stereocenters. The Balaban J connectivity index is 1.65. The Morgan fingerprint density at radius 3 is 2.41 bits per heavy atom. The highest BCUT2D eigenvalue weighted by molar-refractivity contribution is 6.22. The zero-order chi connectivity index (χ0) is 21.1. The standard InChI is InChI=1S/C22H22N2O5/c1-13(2)11-24-20(26)16-9-8-15(10-17(16)21(24)27)22(28)29-12-19(25)23-18-7-5-4-6-14(18)3/h4-10,13H,11-12H2,1-3H3,(H,23,25). The van der Waals surface area contributed by atoms with Gasteiger partial charge in [0.2, 0.25) is 0 Å². The molecule has 3 amide bonds. The average molecular weight is 394 g/mol. The number of anilines is 1. The normalized spacial score (nSPS) is 12.9. The molecule has 150 valence electrons. The van der Waals surface area contributed by atoms with Crippen molar-refractivity contribution in [3.8, 4) is 0 Å². The van der Waals surface area contributed by atoms with Crippen LogP contribution in [0, 0.1) is 12.8 Å². The summed E-state index contributed by atoms with van der Waals surface area (Å²) in [6, 6.07) is 11.5. The van der Waals surface area contributed by atoms with E-state index in [-0.39, 0.29) is 28.5 Å². The molecule has 3 rings (SSSR count). The minimum Gasteiger partial charge on any atom is -0.452 e. The van der Waals surface area contributed by atoms with E-state index in [1.807, 2.05) is 32.9 Å². The summed E-state index contributed by atoms with van der Waals surface area (Å²) in [4.78, 5) is 50.4. The first kappa shape index (κ1) is 20.3. The van der Waals surface area contributed by atoms with Gasteiger partial charge in [0.05, 0.1) is 16.7 Å². The van der Waals surface area contributed by atoms with Crippen molar-refractivity contribution in [3.63, 3.8) is 0 Å². The van der Waals surface area contributed by atoms with E-state index in [1.54, 1.807) is 12.1 Å². The lowest BCUT2D eigenvalue weighted by Crippen LogP contribution is -2.33. The van der Waals surface area contributed by atoms with E-state index in [2.05, 4.69) is 5.32 Å². The van der Waals surface area contributed by atoms with Crippen LogP contribution in [0.15, 0.2) is 42.5 Å². The summed E-state index contributed by atoms with van der Waals surface area (Å²) in [5, 5.41) is 2.67. The molecule has 1 N–H and O–H groups in total. The summed E-state index contributed by atoms with van der Waals surface area (Å²) in [7, 11) is 0. The maximum Gasteiger partial charge on any atom is 0.338 e. The van der Waals surface area contributed by atoms with Crippen LogP contribution in [0.4, 0.5) is 5.69 Å². The molecule has 0 aliphatic carbocycles. The van der Waals surface area contributed by atoms with Gasteiger partial charge in [0.25, 0.3) is 17.7 Å². The van der Waals surface area contributed by atoms with Gasteiger partial charge in [-0.3, -0.25) is 19.3 Å². The molecule has 1 heterocycles. The van der Waals surface area contributed by atoms with Crippen molar-refractivity contribution >= 4 is 29.4 Å². The molecule has 2 aromatic rings. The zero-order valence-electron chi connectivity index (χ0n) is 16.5. The van der Waals surface area contributed by atoms with Crippen LogP contribution in [0.25, 0.3) is 0 Å². The van der Waals surface area contributed by atoms with Crippen molar-refractivity contribution in [2.45, 2.75) is 20.8 Å². The monoisotopic (exact) mass is 394 g/mol. The first-order valence-electron chi connectivity index (χ1n) is 9.30. The largest absolute Gasteiger partial charge is 0.452 e. The van der Waals surface area contributed by atoms with Gasteiger partial charge in [0.1, 0.15) is 0 Å². The summed E-state index contributed by atoms with van der Waals surface area (Å²) < 4.78 is 5.05.